The molecule has 10 heteroatoms. The Hall–Kier alpha value is -3.19. The van der Waals surface area contributed by atoms with Gasteiger partial charge in [0.2, 0.25) is 0 Å². The molecule has 2 aromatic carbocycles. The molecule has 0 bridgehead atoms. The molecule has 1 fully saturated rings. The van der Waals surface area contributed by atoms with Crippen molar-refractivity contribution in [2.24, 2.45) is 0 Å². The Bertz CT molecular complexity index is 1240. The average Bonchev–Trinajstić information content (AvgIpc) is 3.34. The number of ether oxygens (including phenoxy) is 1. The highest BCUT2D eigenvalue weighted by atomic mass is 35.5. The molecule has 1 aromatic heterocycles. The molecule has 0 aliphatic carbocycles. The van der Waals surface area contributed by atoms with Gasteiger partial charge in [-0.2, -0.15) is 18.3 Å². The monoisotopic (exact) mass is 519 g/mol. The normalized spacial score (nSPS) is 14.9. The van der Waals surface area contributed by atoms with Crippen molar-refractivity contribution in [1.29, 1.82) is 0 Å². The lowest BCUT2D eigenvalue weighted by molar-refractivity contribution is -0.141. The van der Waals surface area contributed by atoms with Gasteiger partial charge in [-0.25, -0.2) is 0 Å². The van der Waals surface area contributed by atoms with Crippen molar-refractivity contribution in [2.75, 3.05) is 19.6 Å². The number of H-pyrrole nitrogens is 1. The number of phenolic OH excluding ortho intramolecular Hbond substituents is 1. The number of likely N-dealkylation sites (tertiary alicyclic amines) is 1. The first-order valence-electron chi connectivity index (χ1n) is 11.5. The van der Waals surface area contributed by atoms with Gasteiger partial charge in [-0.3, -0.25) is 5.10 Å². The molecular weight excluding hydrogens is 495 g/mol. The fourth-order valence-corrected chi connectivity index (χ4v) is 4.01. The Morgan fingerprint density at radius 1 is 1.14 bits per heavy atom. The number of hydrogen-bond donors (Lipinski definition) is 3. The fourth-order valence-electron chi connectivity index (χ4n) is 3.89. The third-order valence-corrected chi connectivity index (χ3v) is 6.18. The highest BCUT2D eigenvalue weighted by Gasteiger charge is 2.34. The SMILES string of the molecule is Oc1c(-c2cc(C(F)(F)F)n[nH]2)ccc(OCc2ccc(Cl)cc2)c1C#CCCN1CCC(O)CC1. The van der Waals surface area contributed by atoms with Gasteiger partial charge in [-0.15, -0.1) is 0 Å². The van der Waals surface area contributed by atoms with Crippen molar-refractivity contribution in [3.8, 4) is 34.6 Å². The van der Waals surface area contributed by atoms with Crippen molar-refractivity contribution < 1.29 is 28.1 Å². The minimum absolute atomic E-state index is 0.0130. The summed E-state index contributed by atoms with van der Waals surface area (Å²) in [7, 11) is 0. The van der Waals surface area contributed by atoms with Crippen LogP contribution in [0.4, 0.5) is 13.2 Å². The first-order chi connectivity index (χ1) is 17.2. The van der Waals surface area contributed by atoms with Crippen LogP contribution in [0.25, 0.3) is 11.3 Å². The molecule has 0 amide bonds. The molecule has 2 heterocycles. The number of alkyl halides is 3. The fraction of sp³-hybridized carbons (Fsp3) is 0.346. The third kappa shape index (κ3) is 6.52. The zero-order chi connectivity index (χ0) is 25.7. The summed E-state index contributed by atoms with van der Waals surface area (Å²) < 4.78 is 44.9. The van der Waals surface area contributed by atoms with Crippen LogP contribution in [0.5, 0.6) is 11.5 Å². The van der Waals surface area contributed by atoms with Crippen molar-refractivity contribution in [3.63, 3.8) is 0 Å². The van der Waals surface area contributed by atoms with Gasteiger partial charge >= 0.3 is 6.18 Å². The van der Waals surface area contributed by atoms with Gasteiger partial charge in [0, 0.05) is 36.6 Å². The molecule has 0 saturated carbocycles. The molecule has 1 saturated heterocycles. The number of phenols is 1. The third-order valence-electron chi connectivity index (χ3n) is 5.93. The van der Waals surface area contributed by atoms with Crippen LogP contribution in [-0.2, 0) is 12.8 Å². The molecule has 6 nitrogen and oxygen atoms in total. The van der Waals surface area contributed by atoms with Crippen molar-refractivity contribution in [1.82, 2.24) is 15.1 Å². The molecule has 3 aromatic rings. The predicted molar refractivity (Wildman–Crippen MR) is 130 cm³/mol. The van der Waals surface area contributed by atoms with Crippen LogP contribution >= 0.6 is 11.6 Å². The Labute approximate surface area is 211 Å². The number of benzene rings is 2. The summed E-state index contributed by atoms with van der Waals surface area (Å²) in [4.78, 5) is 2.21. The zero-order valence-corrected chi connectivity index (χ0v) is 20.0. The topological polar surface area (TPSA) is 81.6 Å². The van der Waals surface area contributed by atoms with E-state index in [0.717, 1.165) is 37.6 Å². The van der Waals surface area contributed by atoms with Crippen LogP contribution in [0.2, 0.25) is 5.02 Å². The molecule has 36 heavy (non-hydrogen) atoms. The number of halogens is 4. The van der Waals surface area contributed by atoms with E-state index in [1.165, 1.54) is 6.07 Å². The lowest BCUT2D eigenvalue weighted by Crippen LogP contribution is -2.36. The van der Waals surface area contributed by atoms with E-state index >= 15 is 0 Å². The van der Waals surface area contributed by atoms with Crippen LogP contribution in [0.15, 0.2) is 42.5 Å². The molecule has 0 unspecified atom stereocenters. The smallest absolute Gasteiger partial charge is 0.435 e. The summed E-state index contributed by atoms with van der Waals surface area (Å²) >= 11 is 5.93. The second-order valence-electron chi connectivity index (χ2n) is 8.54. The first-order valence-corrected chi connectivity index (χ1v) is 11.8. The summed E-state index contributed by atoms with van der Waals surface area (Å²) in [5.41, 5.74) is 0.0839. The summed E-state index contributed by atoms with van der Waals surface area (Å²) in [5.74, 6) is 5.99. The Morgan fingerprint density at radius 3 is 2.53 bits per heavy atom. The van der Waals surface area contributed by atoms with E-state index in [1.807, 2.05) is 0 Å². The number of aromatic hydroxyl groups is 1. The largest absolute Gasteiger partial charge is 0.506 e. The number of nitrogens with one attached hydrogen (secondary N) is 1. The van der Waals surface area contributed by atoms with Gasteiger partial charge in [-0.1, -0.05) is 35.6 Å². The van der Waals surface area contributed by atoms with Gasteiger partial charge in [0.25, 0.3) is 0 Å². The van der Waals surface area contributed by atoms with E-state index in [0.29, 0.717) is 23.7 Å². The van der Waals surface area contributed by atoms with Crippen molar-refractivity contribution in [2.45, 2.75) is 38.1 Å². The van der Waals surface area contributed by atoms with Gasteiger partial charge < -0.3 is 19.8 Å². The number of aromatic amines is 1. The highest BCUT2D eigenvalue weighted by Crippen LogP contribution is 2.38. The van der Waals surface area contributed by atoms with Gasteiger partial charge in [0.15, 0.2) is 5.69 Å². The number of aliphatic hydroxyl groups excluding tert-OH is 1. The molecule has 0 spiro atoms. The number of piperidine rings is 1. The molecule has 4 rings (SSSR count). The number of hydrogen-bond acceptors (Lipinski definition) is 5. The molecule has 0 radical (unpaired) electrons. The lowest BCUT2D eigenvalue weighted by atomic mass is 10.0. The van der Waals surface area contributed by atoms with E-state index in [1.54, 1.807) is 30.3 Å². The van der Waals surface area contributed by atoms with Crippen LogP contribution in [-0.4, -0.2) is 51.0 Å². The van der Waals surface area contributed by atoms with Gasteiger partial charge in [0.05, 0.1) is 11.8 Å². The van der Waals surface area contributed by atoms with E-state index < -0.39 is 11.9 Å². The Kier molecular flexibility index (Phi) is 8.09. The highest BCUT2D eigenvalue weighted by molar-refractivity contribution is 6.30. The second kappa shape index (κ2) is 11.2. The average molecular weight is 520 g/mol. The van der Waals surface area contributed by atoms with E-state index in [9.17, 15) is 23.4 Å². The van der Waals surface area contributed by atoms with Crippen LogP contribution in [0.3, 0.4) is 0 Å². The van der Waals surface area contributed by atoms with E-state index in [-0.39, 0.29) is 35.3 Å². The molecule has 3 N–H and O–H groups in total. The quantitative estimate of drug-likeness (QED) is 0.388. The maximum atomic E-state index is 13.0. The zero-order valence-electron chi connectivity index (χ0n) is 19.3. The second-order valence-corrected chi connectivity index (χ2v) is 8.98. The molecule has 0 atom stereocenters. The minimum atomic E-state index is -4.61. The number of aromatic nitrogens is 2. The minimum Gasteiger partial charge on any atom is -0.506 e. The Morgan fingerprint density at radius 2 is 1.86 bits per heavy atom. The molecule has 190 valence electrons. The molecule has 1 aliphatic rings. The Balaban J connectivity index is 1.57. The standard InChI is InChI=1S/C26H25ClF3N3O3/c27-18-6-4-17(5-7-18)16-36-23-9-8-20(22-15-24(32-31-22)26(28,29)30)25(35)21(23)3-1-2-12-33-13-10-19(34)11-14-33/h4-9,15,19,34-35H,2,10-14,16H2,(H,31,32). The summed E-state index contributed by atoms with van der Waals surface area (Å²) in [6.45, 7) is 2.47. The van der Waals surface area contributed by atoms with E-state index in [2.05, 4.69) is 26.9 Å². The predicted octanol–water partition coefficient (Wildman–Crippen LogP) is 5.23. The van der Waals surface area contributed by atoms with Crippen LogP contribution < -0.4 is 4.74 Å². The number of nitrogens with zero attached hydrogens (tertiary/aromatic N) is 2. The van der Waals surface area contributed by atoms with Crippen LogP contribution in [0.1, 0.15) is 36.1 Å². The van der Waals surface area contributed by atoms with Crippen molar-refractivity contribution in [3.05, 3.63) is 64.3 Å². The van der Waals surface area contributed by atoms with Crippen LogP contribution in [0, 0.1) is 11.8 Å². The number of rotatable bonds is 6. The maximum absolute atomic E-state index is 13.0. The maximum Gasteiger partial charge on any atom is 0.435 e. The van der Waals surface area contributed by atoms with Gasteiger partial charge in [-0.05, 0) is 48.7 Å². The molecule has 1 aliphatic heterocycles. The molecular formula is C26H25ClF3N3O3. The van der Waals surface area contributed by atoms with Gasteiger partial charge in [0.1, 0.15) is 23.7 Å². The van der Waals surface area contributed by atoms with Crippen molar-refractivity contribution >= 4 is 11.6 Å². The van der Waals surface area contributed by atoms with E-state index in [4.69, 9.17) is 16.3 Å². The first kappa shape index (κ1) is 25.9. The lowest BCUT2D eigenvalue weighted by Gasteiger charge is -2.28. The number of aliphatic hydroxyl groups is 1. The summed E-state index contributed by atoms with van der Waals surface area (Å²) in [6, 6.07) is 10.9. The summed E-state index contributed by atoms with van der Waals surface area (Å²) in [6.07, 6.45) is -2.91. The summed E-state index contributed by atoms with van der Waals surface area (Å²) in [5, 5.41) is 26.9.